The number of nitrogens with zero attached hydrogens (tertiary/aromatic N) is 2. The summed E-state index contributed by atoms with van der Waals surface area (Å²) in [6.45, 7) is 5.43. The summed E-state index contributed by atoms with van der Waals surface area (Å²) in [4.78, 5) is 8.50. The first-order chi connectivity index (χ1) is 11.2. The standard InChI is InChI=1S/C17H22N4O2/c1-3-22-14-8-9-16(23-4-2)15(11-14)21-17(18)20-12-13-7-5-6-10-19-13/h5-11H,3-4,12H2,1-2H3,(H3,18,20,21). The molecule has 0 amide bonds. The Morgan fingerprint density at radius 2 is 2.00 bits per heavy atom. The van der Waals surface area contributed by atoms with Crippen LogP contribution in [0.25, 0.3) is 0 Å². The molecule has 0 radical (unpaired) electrons. The predicted molar refractivity (Wildman–Crippen MR) is 92.0 cm³/mol. The maximum absolute atomic E-state index is 5.96. The van der Waals surface area contributed by atoms with E-state index >= 15 is 0 Å². The zero-order valence-electron chi connectivity index (χ0n) is 13.5. The van der Waals surface area contributed by atoms with Gasteiger partial charge in [-0.2, -0.15) is 0 Å². The average molecular weight is 314 g/mol. The molecule has 0 saturated heterocycles. The number of guanidine groups is 1. The number of aliphatic imine (C=N–C) groups is 1. The van der Waals surface area contributed by atoms with Crippen LogP contribution in [0.15, 0.2) is 47.6 Å². The molecule has 0 atom stereocenters. The molecule has 0 bridgehead atoms. The smallest absolute Gasteiger partial charge is 0.193 e. The van der Waals surface area contributed by atoms with E-state index in [1.54, 1.807) is 6.20 Å². The van der Waals surface area contributed by atoms with E-state index in [1.165, 1.54) is 0 Å². The Morgan fingerprint density at radius 1 is 1.17 bits per heavy atom. The van der Waals surface area contributed by atoms with Crippen molar-refractivity contribution in [2.75, 3.05) is 18.5 Å². The Kier molecular flexibility index (Phi) is 6.23. The van der Waals surface area contributed by atoms with Crippen LogP contribution in [0, 0.1) is 0 Å². The van der Waals surface area contributed by atoms with E-state index in [-0.39, 0.29) is 0 Å². The van der Waals surface area contributed by atoms with E-state index in [1.807, 2.05) is 50.2 Å². The molecule has 2 aromatic rings. The Hall–Kier alpha value is -2.76. The molecule has 1 aromatic carbocycles. The van der Waals surface area contributed by atoms with Gasteiger partial charge in [-0.05, 0) is 38.1 Å². The van der Waals surface area contributed by atoms with E-state index in [0.717, 1.165) is 17.1 Å². The molecule has 6 heteroatoms. The summed E-state index contributed by atoms with van der Waals surface area (Å²) in [6, 6.07) is 11.2. The van der Waals surface area contributed by atoms with Crippen molar-refractivity contribution in [3.8, 4) is 11.5 Å². The average Bonchev–Trinajstić information content (AvgIpc) is 2.57. The quantitative estimate of drug-likeness (QED) is 0.606. The molecule has 122 valence electrons. The van der Waals surface area contributed by atoms with Gasteiger partial charge in [-0.25, -0.2) is 4.99 Å². The van der Waals surface area contributed by atoms with Gasteiger partial charge in [0.2, 0.25) is 0 Å². The molecule has 1 heterocycles. The van der Waals surface area contributed by atoms with E-state index < -0.39 is 0 Å². The molecule has 0 spiro atoms. The molecule has 2 rings (SSSR count). The zero-order chi connectivity index (χ0) is 16.5. The van der Waals surface area contributed by atoms with Crippen molar-refractivity contribution in [1.29, 1.82) is 0 Å². The number of nitrogens with two attached hydrogens (primary N) is 1. The van der Waals surface area contributed by atoms with Crippen LogP contribution >= 0.6 is 0 Å². The van der Waals surface area contributed by atoms with Crippen LogP contribution < -0.4 is 20.5 Å². The predicted octanol–water partition coefficient (Wildman–Crippen LogP) is 2.81. The first-order valence-corrected chi connectivity index (χ1v) is 7.59. The lowest BCUT2D eigenvalue weighted by molar-refractivity contribution is 0.332. The number of nitrogens with one attached hydrogen (secondary N) is 1. The zero-order valence-corrected chi connectivity index (χ0v) is 13.5. The second-order valence-corrected chi connectivity index (χ2v) is 4.67. The molecule has 6 nitrogen and oxygen atoms in total. The van der Waals surface area contributed by atoms with Gasteiger partial charge in [0, 0.05) is 12.3 Å². The SMILES string of the molecule is CCOc1ccc(OCC)c(NC(N)=NCc2ccccn2)c1. The molecule has 0 aliphatic rings. The van der Waals surface area contributed by atoms with E-state index in [2.05, 4.69) is 15.3 Å². The molecular weight excluding hydrogens is 292 g/mol. The Labute approximate surface area is 136 Å². The first-order valence-electron chi connectivity index (χ1n) is 7.59. The number of rotatable bonds is 7. The van der Waals surface area contributed by atoms with Crippen LogP contribution in [0.4, 0.5) is 5.69 Å². The molecule has 3 N–H and O–H groups in total. The molecule has 1 aromatic heterocycles. The topological polar surface area (TPSA) is 81.8 Å². The first kappa shape index (κ1) is 16.6. The lowest BCUT2D eigenvalue weighted by Gasteiger charge is -2.13. The summed E-state index contributed by atoms with van der Waals surface area (Å²) in [5.74, 6) is 1.74. The summed E-state index contributed by atoms with van der Waals surface area (Å²) in [6.07, 6.45) is 1.73. The number of aromatic nitrogens is 1. The molecule has 0 unspecified atom stereocenters. The fourth-order valence-electron chi connectivity index (χ4n) is 1.98. The van der Waals surface area contributed by atoms with Gasteiger partial charge in [-0.3, -0.25) is 4.98 Å². The van der Waals surface area contributed by atoms with Crippen molar-refractivity contribution in [2.24, 2.45) is 10.7 Å². The highest BCUT2D eigenvalue weighted by Crippen LogP contribution is 2.29. The van der Waals surface area contributed by atoms with Crippen LogP contribution in [-0.4, -0.2) is 24.2 Å². The number of hydrogen-bond acceptors (Lipinski definition) is 4. The highest BCUT2D eigenvalue weighted by molar-refractivity contribution is 5.93. The fraction of sp³-hybridized carbons (Fsp3) is 0.294. The summed E-state index contributed by atoms with van der Waals surface area (Å²) in [5.41, 5.74) is 7.53. The summed E-state index contributed by atoms with van der Waals surface area (Å²) in [5, 5.41) is 3.06. The normalized spacial score (nSPS) is 11.1. The van der Waals surface area contributed by atoms with E-state index in [9.17, 15) is 0 Å². The molecule has 23 heavy (non-hydrogen) atoms. The van der Waals surface area contributed by atoms with Crippen molar-refractivity contribution in [2.45, 2.75) is 20.4 Å². The molecule has 0 fully saturated rings. The number of ether oxygens (including phenoxy) is 2. The van der Waals surface area contributed by atoms with Crippen LogP contribution in [0.5, 0.6) is 11.5 Å². The lowest BCUT2D eigenvalue weighted by atomic mass is 10.2. The van der Waals surface area contributed by atoms with Crippen molar-refractivity contribution in [3.63, 3.8) is 0 Å². The minimum atomic E-state index is 0.297. The van der Waals surface area contributed by atoms with Crippen LogP contribution in [0.2, 0.25) is 0 Å². The van der Waals surface area contributed by atoms with Gasteiger partial charge in [-0.15, -0.1) is 0 Å². The highest BCUT2D eigenvalue weighted by Gasteiger charge is 2.07. The Balaban J connectivity index is 2.11. The summed E-state index contributed by atoms with van der Waals surface area (Å²) >= 11 is 0. The minimum Gasteiger partial charge on any atom is -0.494 e. The fourth-order valence-corrected chi connectivity index (χ4v) is 1.98. The monoisotopic (exact) mass is 314 g/mol. The van der Waals surface area contributed by atoms with Crippen molar-refractivity contribution < 1.29 is 9.47 Å². The summed E-state index contributed by atoms with van der Waals surface area (Å²) in [7, 11) is 0. The highest BCUT2D eigenvalue weighted by atomic mass is 16.5. The van der Waals surface area contributed by atoms with Gasteiger partial charge in [0.15, 0.2) is 5.96 Å². The number of pyridine rings is 1. The minimum absolute atomic E-state index is 0.297. The molecular formula is C17H22N4O2. The van der Waals surface area contributed by atoms with Gasteiger partial charge >= 0.3 is 0 Å². The Morgan fingerprint density at radius 3 is 2.70 bits per heavy atom. The van der Waals surface area contributed by atoms with E-state index in [0.29, 0.717) is 31.5 Å². The maximum atomic E-state index is 5.96. The number of anilines is 1. The molecule has 0 aliphatic heterocycles. The Bertz CT molecular complexity index is 644. The third-order valence-electron chi connectivity index (χ3n) is 2.96. The third kappa shape index (κ3) is 5.18. The van der Waals surface area contributed by atoms with Gasteiger partial charge < -0.3 is 20.5 Å². The largest absolute Gasteiger partial charge is 0.494 e. The summed E-state index contributed by atoms with van der Waals surface area (Å²) < 4.78 is 11.1. The maximum Gasteiger partial charge on any atom is 0.193 e. The molecule has 0 aliphatic carbocycles. The van der Waals surface area contributed by atoms with Crippen molar-refractivity contribution in [3.05, 3.63) is 48.3 Å². The van der Waals surface area contributed by atoms with E-state index in [4.69, 9.17) is 15.2 Å². The van der Waals surface area contributed by atoms with Crippen LogP contribution in [-0.2, 0) is 6.54 Å². The van der Waals surface area contributed by atoms with Gasteiger partial charge in [-0.1, -0.05) is 6.07 Å². The van der Waals surface area contributed by atoms with Crippen molar-refractivity contribution >= 4 is 11.6 Å². The second kappa shape index (κ2) is 8.63. The van der Waals surface area contributed by atoms with Gasteiger partial charge in [0.25, 0.3) is 0 Å². The van der Waals surface area contributed by atoms with Crippen LogP contribution in [0.1, 0.15) is 19.5 Å². The lowest BCUT2D eigenvalue weighted by Crippen LogP contribution is -2.23. The number of hydrogen-bond donors (Lipinski definition) is 2. The third-order valence-corrected chi connectivity index (χ3v) is 2.96. The second-order valence-electron chi connectivity index (χ2n) is 4.67. The van der Waals surface area contributed by atoms with Crippen molar-refractivity contribution in [1.82, 2.24) is 4.98 Å². The van der Waals surface area contributed by atoms with Gasteiger partial charge in [0.1, 0.15) is 11.5 Å². The van der Waals surface area contributed by atoms with Gasteiger partial charge in [0.05, 0.1) is 31.1 Å². The number of benzene rings is 1. The molecule has 0 saturated carbocycles. The van der Waals surface area contributed by atoms with Crippen LogP contribution in [0.3, 0.4) is 0 Å².